The summed E-state index contributed by atoms with van der Waals surface area (Å²) < 4.78 is 11.9. The number of fused-ring (bicyclic) bond motifs is 1. The number of benzene rings is 2. The first kappa shape index (κ1) is 17.8. The van der Waals surface area contributed by atoms with Crippen LogP contribution in [-0.4, -0.2) is 19.2 Å². The van der Waals surface area contributed by atoms with Gasteiger partial charge in [0.2, 0.25) is 0 Å². The molecular formula is C20H22BrNO3. The van der Waals surface area contributed by atoms with Gasteiger partial charge in [0.05, 0.1) is 17.3 Å². The van der Waals surface area contributed by atoms with Crippen LogP contribution in [0.5, 0.6) is 5.75 Å². The van der Waals surface area contributed by atoms with Crippen molar-refractivity contribution in [3.05, 3.63) is 58.1 Å². The van der Waals surface area contributed by atoms with Crippen molar-refractivity contribution in [2.75, 3.05) is 12.0 Å². The van der Waals surface area contributed by atoms with Gasteiger partial charge < -0.3 is 9.47 Å². The maximum atomic E-state index is 12.8. The first-order valence-corrected chi connectivity index (χ1v) is 9.29. The minimum Gasteiger partial charge on any atom is -0.495 e. The molecule has 4 nitrogen and oxygen atoms in total. The Bertz CT molecular complexity index is 748. The average Bonchev–Trinajstić information content (AvgIpc) is 2.65. The summed E-state index contributed by atoms with van der Waals surface area (Å²) in [6.07, 6.45) is 2.46. The van der Waals surface area contributed by atoms with Gasteiger partial charge >= 0.3 is 6.09 Å². The average molecular weight is 404 g/mol. The standard InChI is InChI=1S/C20H22BrNO3/c1-3-16-10-9-15-11-17(21)19(24-2)12-18(15)22(16)20(23)25-13-14-7-5-4-6-8-14/h4-8,11-12,16H,3,9-10,13H2,1-2H3. The number of ether oxygens (including phenoxy) is 2. The summed E-state index contributed by atoms with van der Waals surface area (Å²) in [7, 11) is 1.63. The molecule has 2 aromatic carbocycles. The summed E-state index contributed by atoms with van der Waals surface area (Å²) in [5.41, 5.74) is 3.00. The van der Waals surface area contributed by atoms with Crippen LogP contribution in [-0.2, 0) is 17.8 Å². The Morgan fingerprint density at radius 1 is 1.28 bits per heavy atom. The topological polar surface area (TPSA) is 38.8 Å². The molecule has 1 aliphatic heterocycles. The zero-order chi connectivity index (χ0) is 17.8. The maximum Gasteiger partial charge on any atom is 0.414 e. The lowest BCUT2D eigenvalue weighted by Crippen LogP contribution is -2.43. The van der Waals surface area contributed by atoms with Crippen molar-refractivity contribution in [2.45, 2.75) is 38.8 Å². The Kier molecular flexibility index (Phi) is 5.63. The van der Waals surface area contributed by atoms with Gasteiger partial charge in [0, 0.05) is 12.1 Å². The summed E-state index contributed by atoms with van der Waals surface area (Å²) in [5, 5.41) is 0. The van der Waals surface area contributed by atoms with Crippen LogP contribution in [0.1, 0.15) is 30.9 Å². The highest BCUT2D eigenvalue weighted by Crippen LogP contribution is 2.39. The molecule has 0 saturated heterocycles. The number of nitrogens with zero attached hydrogens (tertiary/aromatic N) is 1. The van der Waals surface area contributed by atoms with Crippen molar-refractivity contribution in [1.29, 1.82) is 0 Å². The van der Waals surface area contributed by atoms with E-state index < -0.39 is 0 Å². The third-order valence-electron chi connectivity index (χ3n) is 4.60. The van der Waals surface area contributed by atoms with E-state index in [1.54, 1.807) is 12.0 Å². The van der Waals surface area contributed by atoms with E-state index >= 15 is 0 Å². The van der Waals surface area contributed by atoms with E-state index in [2.05, 4.69) is 22.9 Å². The minimum atomic E-state index is -0.305. The first-order chi connectivity index (χ1) is 12.1. The quantitative estimate of drug-likeness (QED) is 0.692. The molecule has 0 bridgehead atoms. The monoisotopic (exact) mass is 403 g/mol. The molecular weight excluding hydrogens is 382 g/mol. The minimum absolute atomic E-state index is 0.140. The lowest BCUT2D eigenvalue weighted by molar-refractivity contribution is 0.143. The van der Waals surface area contributed by atoms with Gasteiger partial charge in [-0.05, 0) is 52.4 Å². The molecule has 2 aromatic rings. The second-order valence-electron chi connectivity index (χ2n) is 6.13. The normalized spacial score (nSPS) is 16.3. The van der Waals surface area contributed by atoms with E-state index in [1.807, 2.05) is 42.5 Å². The highest BCUT2D eigenvalue weighted by atomic mass is 79.9. The number of carbonyl (C=O) groups excluding carboxylic acids is 1. The SMILES string of the molecule is CCC1CCc2cc(Br)c(OC)cc2N1C(=O)OCc1ccccc1. The number of anilines is 1. The smallest absolute Gasteiger partial charge is 0.414 e. The van der Waals surface area contributed by atoms with Crippen LogP contribution in [0.15, 0.2) is 46.9 Å². The highest BCUT2D eigenvalue weighted by Gasteiger charge is 2.32. The fraction of sp³-hybridized carbons (Fsp3) is 0.350. The van der Waals surface area contributed by atoms with Crippen LogP contribution >= 0.6 is 15.9 Å². The molecule has 0 fully saturated rings. The molecule has 0 aliphatic carbocycles. The van der Waals surface area contributed by atoms with Crippen molar-refractivity contribution in [1.82, 2.24) is 0 Å². The summed E-state index contributed by atoms with van der Waals surface area (Å²) in [5.74, 6) is 0.719. The third kappa shape index (κ3) is 3.82. The number of halogens is 1. The van der Waals surface area contributed by atoms with E-state index in [0.717, 1.165) is 46.3 Å². The molecule has 25 heavy (non-hydrogen) atoms. The number of hydrogen-bond donors (Lipinski definition) is 0. The van der Waals surface area contributed by atoms with Crippen molar-refractivity contribution < 1.29 is 14.3 Å². The van der Waals surface area contributed by atoms with Gasteiger partial charge in [-0.3, -0.25) is 4.90 Å². The van der Waals surface area contributed by atoms with Crippen molar-refractivity contribution in [3.8, 4) is 5.75 Å². The molecule has 1 unspecified atom stereocenters. The van der Waals surface area contributed by atoms with Gasteiger partial charge in [0.25, 0.3) is 0 Å². The summed E-state index contributed by atoms with van der Waals surface area (Å²) in [6.45, 7) is 2.37. The number of amides is 1. The molecule has 1 amide bonds. The second kappa shape index (κ2) is 7.91. The van der Waals surface area contributed by atoms with E-state index in [4.69, 9.17) is 9.47 Å². The number of aryl methyl sites for hydroxylation is 1. The van der Waals surface area contributed by atoms with Gasteiger partial charge in [0.1, 0.15) is 12.4 Å². The molecule has 1 heterocycles. The Hall–Kier alpha value is -2.01. The fourth-order valence-electron chi connectivity index (χ4n) is 3.24. The van der Waals surface area contributed by atoms with Crippen LogP contribution in [0.25, 0.3) is 0 Å². The van der Waals surface area contributed by atoms with E-state index in [1.165, 1.54) is 0 Å². The maximum absolute atomic E-state index is 12.8. The number of carbonyl (C=O) groups is 1. The predicted molar refractivity (Wildman–Crippen MR) is 102 cm³/mol. The van der Waals surface area contributed by atoms with Crippen LogP contribution in [0, 0.1) is 0 Å². The lowest BCUT2D eigenvalue weighted by atomic mass is 9.94. The number of hydrogen-bond acceptors (Lipinski definition) is 3. The number of methoxy groups -OCH3 is 1. The largest absolute Gasteiger partial charge is 0.495 e. The fourth-order valence-corrected chi connectivity index (χ4v) is 3.79. The van der Waals surface area contributed by atoms with Crippen LogP contribution in [0.2, 0.25) is 0 Å². The van der Waals surface area contributed by atoms with Gasteiger partial charge in [-0.2, -0.15) is 0 Å². The Morgan fingerprint density at radius 3 is 2.72 bits per heavy atom. The molecule has 0 spiro atoms. The highest BCUT2D eigenvalue weighted by molar-refractivity contribution is 9.10. The van der Waals surface area contributed by atoms with Crippen molar-refractivity contribution in [2.24, 2.45) is 0 Å². The molecule has 0 aromatic heterocycles. The summed E-state index contributed by atoms with van der Waals surface area (Å²) >= 11 is 3.53. The Labute approximate surface area is 156 Å². The molecule has 3 rings (SSSR count). The molecule has 0 N–H and O–H groups in total. The van der Waals surface area contributed by atoms with Crippen molar-refractivity contribution in [3.63, 3.8) is 0 Å². The van der Waals surface area contributed by atoms with Gasteiger partial charge in [0.15, 0.2) is 0 Å². The van der Waals surface area contributed by atoms with Crippen LogP contribution in [0.4, 0.5) is 10.5 Å². The first-order valence-electron chi connectivity index (χ1n) is 8.50. The van der Waals surface area contributed by atoms with Gasteiger partial charge in [-0.15, -0.1) is 0 Å². The zero-order valence-electron chi connectivity index (χ0n) is 14.5. The van der Waals surface area contributed by atoms with E-state index in [-0.39, 0.29) is 18.7 Å². The molecule has 5 heteroatoms. The Balaban J connectivity index is 1.86. The predicted octanol–water partition coefficient (Wildman–Crippen LogP) is 5.33. The third-order valence-corrected chi connectivity index (χ3v) is 5.22. The molecule has 132 valence electrons. The second-order valence-corrected chi connectivity index (χ2v) is 6.98. The van der Waals surface area contributed by atoms with Gasteiger partial charge in [-0.1, -0.05) is 37.3 Å². The molecule has 0 saturated carbocycles. The van der Waals surface area contributed by atoms with E-state index in [0.29, 0.717) is 0 Å². The van der Waals surface area contributed by atoms with Crippen LogP contribution < -0.4 is 9.64 Å². The molecule has 0 radical (unpaired) electrons. The molecule has 1 aliphatic rings. The summed E-state index contributed by atoms with van der Waals surface area (Å²) in [4.78, 5) is 14.6. The molecule has 1 atom stereocenters. The summed E-state index contributed by atoms with van der Waals surface area (Å²) in [6, 6.07) is 13.8. The zero-order valence-corrected chi connectivity index (χ0v) is 16.1. The lowest BCUT2D eigenvalue weighted by Gasteiger charge is -2.36. The van der Waals surface area contributed by atoms with Crippen LogP contribution in [0.3, 0.4) is 0 Å². The number of rotatable bonds is 4. The van der Waals surface area contributed by atoms with Gasteiger partial charge in [-0.25, -0.2) is 4.79 Å². The Morgan fingerprint density at radius 2 is 2.04 bits per heavy atom. The van der Waals surface area contributed by atoms with E-state index in [9.17, 15) is 4.79 Å². The van der Waals surface area contributed by atoms with Crippen molar-refractivity contribution >= 4 is 27.7 Å².